The van der Waals surface area contributed by atoms with E-state index in [1.54, 1.807) is 0 Å². The van der Waals surface area contributed by atoms with E-state index in [2.05, 4.69) is 54.3 Å². The van der Waals surface area contributed by atoms with E-state index in [1.165, 1.54) is 80.1 Å². The van der Waals surface area contributed by atoms with Crippen molar-refractivity contribution in [3.05, 3.63) is 71.3 Å². The highest BCUT2D eigenvalue weighted by Crippen LogP contribution is 2.29. The lowest BCUT2D eigenvalue weighted by molar-refractivity contribution is 0.183. The zero-order valence-electron chi connectivity index (χ0n) is 20.2. The smallest absolute Gasteiger partial charge is 0.119 e. The number of piperidine rings is 1. The molecular weight excluding hydrogens is 406 g/mol. The SMILES string of the molecule is CCCCCCc1ccc2cc(O)ccc2c1Cc1ccc(OCCN2CCCCC2)cc1. The van der Waals surface area contributed by atoms with Gasteiger partial charge in [-0.15, -0.1) is 0 Å². The molecule has 0 atom stereocenters. The number of likely N-dealkylation sites (tertiary alicyclic amines) is 1. The van der Waals surface area contributed by atoms with Gasteiger partial charge >= 0.3 is 0 Å². The van der Waals surface area contributed by atoms with Gasteiger partial charge in [0.25, 0.3) is 0 Å². The van der Waals surface area contributed by atoms with Gasteiger partial charge in [-0.1, -0.05) is 62.9 Å². The minimum Gasteiger partial charge on any atom is -0.508 e. The molecule has 0 unspecified atom stereocenters. The molecule has 176 valence electrons. The number of rotatable bonds is 11. The maximum absolute atomic E-state index is 9.95. The number of nitrogens with zero attached hydrogens (tertiary/aromatic N) is 1. The van der Waals surface area contributed by atoms with Crippen molar-refractivity contribution in [3.63, 3.8) is 0 Å². The number of aromatic hydroxyl groups is 1. The molecule has 3 heteroatoms. The summed E-state index contributed by atoms with van der Waals surface area (Å²) in [7, 11) is 0. The van der Waals surface area contributed by atoms with Crippen molar-refractivity contribution in [2.24, 2.45) is 0 Å². The second-order valence-electron chi connectivity index (χ2n) is 9.49. The monoisotopic (exact) mass is 445 g/mol. The van der Waals surface area contributed by atoms with Gasteiger partial charge < -0.3 is 9.84 Å². The standard InChI is InChI=1S/C30H39NO2/c1-2-3-4-6-9-25-12-13-26-23-27(32)14-17-29(26)30(25)22-24-10-15-28(16-11-24)33-21-20-31-18-7-5-8-19-31/h10-17,23,32H,2-9,18-22H2,1H3. The molecule has 0 aliphatic carbocycles. The molecule has 0 bridgehead atoms. The third-order valence-corrected chi connectivity index (χ3v) is 6.94. The molecule has 3 aromatic rings. The topological polar surface area (TPSA) is 32.7 Å². The summed E-state index contributed by atoms with van der Waals surface area (Å²) in [6.07, 6.45) is 11.1. The lowest BCUT2D eigenvalue weighted by Gasteiger charge is -2.26. The van der Waals surface area contributed by atoms with Gasteiger partial charge in [0.2, 0.25) is 0 Å². The van der Waals surface area contributed by atoms with Crippen molar-refractivity contribution in [2.45, 2.75) is 64.7 Å². The quantitative estimate of drug-likeness (QED) is 0.319. The Kier molecular flexibility index (Phi) is 8.65. The molecule has 1 aliphatic rings. The molecule has 1 N–H and O–H groups in total. The van der Waals surface area contributed by atoms with Crippen molar-refractivity contribution in [3.8, 4) is 11.5 Å². The first-order valence-corrected chi connectivity index (χ1v) is 12.9. The van der Waals surface area contributed by atoms with E-state index >= 15 is 0 Å². The van der Waals surface area contributed by atoms with Gasteiger partial charge in [-0.2, -0.15) is 0 Å². The number of ether oxygens (including phenoxy) is 1. The van der Waals surface area contributed by atoms with Crippen LogP contribution in [0.3, 0.4) is 0 Å². The van der Waals surface area contributed by atoms with Gasteiger partial charge in [-0.05, 0) is 96.9 Å². The second-order valence-corrected chi connectivity index (χ2v) is 9.49. The Labute approximate surface area is 199 Å². The molecule has 0 aromatic heterocycles. The van der Waals surface area contributed by atoms with Crippen LogP contribution in [0.15, 0.2) is 54.6 Å². The van der Waals surface area contributed by atoms with Crippen LogP contribution in [0.25, 0.3) is 10.8 Å². The fourth-order valence-electron chi connectivity index (χ4n) is 5.00. The Hall–Kier alpha value is -2.52. The van der Waals surface area contributed by atoms with Crippen LogP contribution < -0.4 is 4.74 Å². The number of aryl methyl sites for hydroxylation is 1. The number of hydrogen-bond donors (Lipinski definition) is 1. The maximum Gasteiger partial charge on any atom is 0.119 e. The van der Waals surface area contributed by atoms with Gasteiger partial charge in [0.15, 0.2) is 0 Å². The van der Waals surface area contributed by atoms with Crippen LogP contribution >= 0.6 is 0 Å². The highest BCUT2D eigenvalue weighted by molar-refractivity contribution is 5.88. The summed E-state index contributed by atoms with van der Waals surface area (Å²) in [6.45, 7) is 6.47. The normalized spacial score (nSPS) is 14.6. The van der Waals surface area contributed by atoms with Crippen LogP contribution in [-0.2, 0) is 12.8 Å². The van der Waals surface area contributed by atoms with Gasteiger partial charge in [-0.25, -0.2) is 0 Å². The van der Waals surface area contributed by atoms with Crippen LogP contribution in [0.1, 0.15) is 68.6 Å². The summed E-state index contributed by atoms with van der Waals surface area (Å²) in [6, 6.07) is 18.8. The minimum absolute atomic E-state index is 0.329. The van der Waals surface area contributed by atoms with Crippen LogP contribution in [0.2, 0.25) is 0 Å². The Bertz CT molecular complexity index is 1010. The first-order valence-electron chi connectivity index (χ1n) is 12.9. The van der Waals surface area contributed by atoms with Crippen LogP contribution in [-0.4, -0.2) is 36.2 Å². The minimum atomic E-state index is 0.329. The van der Waals surface area contributed by atoms with Gasteiger partial charge in [0.1, 0.15) is 18.1 Å². The summed E-state index contributed by atoms with van der Waals surface area (Å²) in [5.74, 6) is 1.29. The predicted octanol–water partition coefficient (Wildman–Crippen LogP) is 7.12. The number of fused-ring (bicyclic) bond motifs is 1. The molecule has 1 fully saturated rings. The zero-order chi connectivity index (χ0) is 22.9. The number of phenols is 1. The first kappa shape index (κ1) is 23.6. The van der Waals surface area contributed by atoms with E-state index in [-0.39, 0.29) is 0 Å². The average Bonchev–Trinajstić information content (AvgIpc) is 2.84. The molecule has 0 radical (unpaired) electrons. The Balaban J connectivity index is 1.43. The third-order valence-electron chi connectivity index (χ3n) is 6.94. The van der Waals surface area contributed by atoms with E-state index < -0.39 is 0 Å². The summed E-state index contributed by atoms with van der Waals surface area (Å²) >= 11 is 0. The van der Waals surface area contributed by atoms with E-state index in [1.807, 2.05) is 12.1 Å². The van der Waals surface area contributed by atoms with E-state index in [9.17, 15) is 5.11 Å². The Morgan fingerprint density at radius 2 is 1.70 bits per heavy atom. The van der Waals surface area contributed by atoms with Crippen molar-refractivity contribution in [2.75, 3.05) is 26.2 Å². The van der Waals surface area contributed by atoms with Crippen molar-refractivity contribution in [1.29, 1.82) is 0 Å². The largest absolute Gasteiger partial charge is 0.508 e. The van der Waals surface area contributed by atoms with Gasteiger partial charge in [0.05, 0.1) is 0 Å². The molecule has 0 amide bonds. The summed E-state index contributed by atoms with van der Waals surface area (Å²) in [5.41, 5.74) is 4.13. The number of hydrogen-bond acceptors (Lipinski definition) is 3. The van der Waals surface area contributed by atoms with Crippen molar-refractivity contribution < 1.29 is 9.84 Å². The summed E-state index contributed by atoms with van der Waals surface area (Å²) in [5, 5.41) is 12.3. The Morgan fingerprint density at radius 1 is 0.879 bits per heavy atom. The molecular formula is C30H39NO2. The Morgan fingerprint density at radius 3 is 2.48 bits per heavy atom. The molecule has 1 heterocycles. The molecule has 0 saturated carbocycles. The first-order chi connectivity index (χ1) is 16.2. The lowest BCUT2D eigenvalue weighted by atomic mass is 9.91. The molecule has 0 spiro atoms. The summed E-state index contributed by atoms with van der Waals surface area (Å²) < 4.78 is 6.03. The average molecular weight is 446 g/mol. The number of benzene rings is 3. The maximum atomic E-state index is 9.95. The van der Waals surface area contributed by atoms with E-state index in [0.29, 0.717) is 5.75 Å². The molecule has 4 rings (SSSR count). The highest BCUT2D eigenvalue weighted by Gasteiger charge is 2.11. The molecule has 1 aliphatic heterocycles. The zero-order valence-corrected chi connectivity index (χ0v) is 20.2. The highest BCUT2D eigenvalue weighted by atomic mass is 16.5. The number of unbranched alkanes of at least 4 members (excludes halogenated alkanes) is 3. The van der Waals surface area contributed by atoms with Gasteiger partial charge in [0, 0.05) is 6.54 Å². The predicted molar refractivity (Wildman–Crippen MR) is 138 cm³/mol. The molecule has 3 nitrogen and oxygen atoms in total. The van der Waals surface area contributed by atoms with Gasteiger partial charge in [-0.3, -0.25) is 4.90 Å². The van der Waals surface area contributed by atoms with Crippen molar-refractivity contribution in [1.82, 2.24) is 4.90 Å². The lowest BCUT2D eigenvalue weighted by Crippen LogP contribution is -2.33. The summed E-state index contributed by atoms with van der Waals surface area (Å²) in [4.78, 5) is 2.51. The third kappa shape index (κ3) is 6.74. The fourth-order valence-corrected chi connectivity index (χ4v) is 5.00. The number of phenolic OH excluding ortho intramolecular Hbond substituents is 1. The van der Waals surface area contributed by atoms with Crippen molar-refractivity contribution >= 4 is 10.8 Å². The van der Waals surface area contributed by atoms with Crippen LogP contribution in [0.5, 0.6) is 11.5 Å². The molecule has 1 saturated heterocycles. The fraction of sp³-hybridized carbons (Fsp3) is 0.467. The van der Waals surface area contributed by atoms with Crippen LogP contribution in [0.4, 0.5) is 0 Å². The van der Waals surface area contributed by atoms with E-state index in [4.69, 9.17) is 4.74 Å². The van der Waals surface area contributed by atoms with E-state index in [0.717, 1.165) is 37.1 Å². The van der Waals surface area contributed by atoms with Crippen LogP contribution in [0, 0.1) is 0 Å². The molecule has 33 heavy (non-hydrogen) atoms. The molecule has 3 aromatic carbocycles. The second kappa shape index (κ2) is 12.1.